The summed E-state index contributed by atoms with van der Waals surface area (Å²) in [6.07, 6.45) is 16.2. The van der Waals surface area contributed by atoms with Crippen LogP contribution in [0.25, 0.3) is 0 Å². The van der Waals surface area contributed by atoms with Crippen LogP contribution in [0, 0.1) is 0 Å². The zero-order valence-electron chi connectivity index (χ0n) is 18.3. The van der Waals surface area contributed by atoms with Crippen molar-refractivity contribution < 1.29 is 19.8 Å². The van der Waals surface area contributed by atoms with E-state index < -0.39 is 6.09 Å². The van der Waals surface area contributed by atoms with Gasteiger partial charge in [0.15, 0.2) is 0 Å². The Morgan fingerprint density at radius 3 is 1.61 bits per heavy atom. The second kappa shape index (κ2) is 19.0. The van der Waals surface area contributed by atoms with Crippen LogP contribution >= 0.6 is 0 Å². The van der Waals surface area contributed by atoms with Crippen LogP contribution in [0.2, 0.25) is 0 Å². The molecule has 2 amide bonds. The molecule has 0 radical (unpaired) electrons. The van der Waals surface area contributed by atoms with Crippen molar-refractivity contribution in [3.05, 3.63) is 0 Å². The summed E-state index contributed by atoms with van der Waals surface area (Å²) in [7, 11) is 1.71. The molecule has 28 heavy (non-hydrogen) atoms. The van der Waals surface area contributed by atoms with Crippen LogP contribution in [0.5, 0.6) is 0 Å². The van der Waals surface area contributed by atoms with Gasteiger partial charge < -0.3 is 20.0 Å². The van der Waals surface area contributed by atoms with E-state index in [0.717, 1.165) is 17.7 Å². The van der Waals surface area contributed by atoms with Gasteiger partial charge in [-0.2, -0.15) is 0 Å². The molecular formula is C22H44N2O4. The molecule has 0 bridgehead atoms. The Morgan fingerprint density at radius 2 is 1.18 bits per heavy atom. The van der Waals surface area contributed by atoms with Gasteiger partial charge in [0.05, 0.1) is 6.61 Å². The van der Waals surface area contributed by atoms with E-state index in [9.17, 15) is 9.59 Å². The Balaban J connectivity index is 3.52. The van der Waals surface area contributed by atoms with Gasteiger partial charge in [-0.25, -0.2) is 4.79 Å². The molecular weight excluding hydrogens is 356 g/mol. The van der Waals surface area contributed by atoms with Gasteiger partial charge in [-0.05, 0) is 6.42 Å². The molecule has 0 aliphatic carbocycles. The Morgan fingerprint density at radius 1 is 0.714 bits per heavy atom. The molecule has 0 aromatic carbocycles. The number of hydrogen-bond acceptors (Lipinski definition) is 3. The third-order valence-electron chi connectivity index (χ3n) is 5.27. The van der Waals surface area contributed by atoms with Gasteiger partial charge in [0.25, 0.3) is 0 Å². The zero-order valence-corrected chi connectivity index (χ0v) is 18.3. The minimum Gasteiger partial charge on any atom is -0.465 e. The maximum absolute atomic E-state index is 12.1. The first kappa shape index (κ1) is 26.7. The number of aliphatic hydroxyl groups is 1. The first-order valence-corrected chi connectivity index (χ1v) is 11.4. The Hall–Kier alpha value is -1.30. The normalized spacial score (nSPS) is 10.8. The fourth-order valence-corrected chi connectivity index (χ4v) is 3.30. The van der Waals surface area contributed by atoms with Gasteiger partial charge in [0.1, 0.15) is 0 Å². The van der Waals surface area contributed by atoms with Crippen molar-refractivity contribution in [2.24, 2.45) is 0 Å². The number of carboxylic acid groups (broad SMARTS) is 1. The number of nitrogens with zero attached hydrogens (tertiary/aromatic N) is 2. The van der Waals surface area contributed by atoms with Crippen molar-refractivity contribution in [3.63, 3.8) is 0 Å². The van der Waals surface area contributed by atoms with Gasteiger partial charge in [-0.15, -0.1) is 0 Å². The van der Waals surface area contributed by atoms with Gasteiger partial charge in [0.2, 0.25) is 5.91 Å². The standard InChI is InChI=1S/C22H44N2O4/c1-3-4-5-6-7-8-9-10-11-12-13-14-15-16-21(26)23(2)17-18-24(19-20-25)22(27)28/h25H,3-20H2,1-2H3,(H,27,28). The average molecular weight is 401 g/mol. The van der Waals surface area contributed by atoms with Gasteiger partial charge in [-0.3, -0.25) is 4.79 Å². The fourth-order valence-electron chi connectivity index (χ4n) is 3.30. The lowest BCUT2D eigenvalue weighted by atomic mass is 10.0. The summed E-state index contributed by atoms with van der Waals surface area (Å²) in [5, 5.41) is 17.9. The van der Waals surface area contributed by atoms with Crippen LogP contribution in [0.15, 0.2) is 0 Å². The molecule has 0 heterocycles. The van der Waals surface area contributed by atoms with E-state index in [0.29, 0.717) is 13.0 Å². The number of likely N-dealkylation sites (N-methyl/N-ethyl adjacent to an activating group) is 1. The molecule has 0 rings (SSSR count). The smallest absolute Gasteiger partial charge is 0.407 e. The molecule has 0 aliphatic heterocycles. The number of carbonyl (C=O) groups excluding carboxylic acids is 1. The number of aliphatic hydroxyl groups excluding tert-OH is 1. The summed E-state index contributed by atoms with van der Waals surface area (Å²) in [5.41, 5.74) is 0. The molecule has 0 fully saturated rings. The van der Waals surface area contributed by atoms with Crippen LogP contribution in [0.3, 0.4) is 0 Å². The van der Waals surface area contributed by atoms with Crippen LogP contribution in [0.1, 0.15) is 96.8 Å². The molecule has 2 N–H and O–H groups in total. The molecule has 0 aliphatic rings. The third-order valence-corrected chi connectivity index (χ3v) is 5.27. The quantitative estimate of drug-likeness (QED) is 0.302. The van der Waals surface area contributed by atoms with Crippen molar-refractivity contribution in [3.8, 4) is 0 Å². The molecule has 0 aromatic rings. The number of amides is 2. The molecule has 6 nitrogen and oxygen atoms in total. The van der Waals surface area contributed by atoms with Gasteiger partial charge in [-0.1, -0.05) is 84.0 Å². The monoisotopic (exact) mass is 400 g/mol. The van der Waals surface area contributed by atoms with E-state index in [-0.39, 0.29) is 25.6 Å². The van der Waals surface area contributed by atoms with Crippen molar-refractivity contribution >= 4 is 12.0 Å². The first-order valence-electron chi connectivity index (χ1n) is 11.4. The molecule has 166 valence electrons. The fraction of sp³-hybridized carbons (Fsp3) is 0.909. The molecule has 0 saturated heterocycles. The first-order chi connectivity index (χ1) is 13.5. The van der Waals surface area contributed by atoms with E-state index in [4.69, 9.17) is 10.2 Å². The highest BCUT2D eigenvalue weighted by atomic mass is 16.4. The largest absolute Gasteiger partial charge is 0.465 e. The number of carbonyl (C=O) groups is 2. The minimum atomic E-state index is -1.06. The summed E-state index contributed by atoms with van der Waals surface area (Å²) < 4.78 is 0. The van der Waals surface area contributed by atoms with E-state index in [1.54, 1.807) is 11.9 Å². The minimum absolute atomic E-state index is 0.0670. The van der Waals surface area contributed by atoms with Crippen LogP contribution < -0.4 is 0 Å². The Bertz CT molecular complexity index is 391. The van der Waals surface area contributed by atoms with Crippen molar-refractivity contribution in [1.29, 1.82) is 0 Å². The SMILES string of the molecule is CCCCCCCCCCCCCCCC(=O)N(C)CCN(CCO)C(=O)O. The van der Waals surface area contributed by atoms with E-state index in [1.807, 2.05) is 0 Å². The van der Waals surface area contributed by atoms with Gasteiger partial charge >= 0.3 is 6.09 Å². The van der Waals surface area contributed by atoms with Crippen LogP contribution in [-0.4, -0.2) is 65.3 Å². The lowest BCUT2D eigenvalue weighted by Gasteiger charge is -2.23. The second-order valence-electron chi connectivity index (χ2n) is 7.80. The number of rotatable bonds is 19. The topological polar surface area (TPSA) is 81.1 Å². The van der Waals surface area contributed by atoms with Gasteiger partial charge in [0, 0.05) is 33.1 Å². The van der Waals surface area contributed by atoms with E-state index in [2.05, 4.69) is 6.92 Å². The molecule has 0 aromatic heterocycles. The molecule has 0 saturated carbocycles. The maximum atomic E-state index is 12.1. The molecule has 0 spiro atoms. The summed E-state index contributed by atoms with van der Waals surface area (Å²) in [6.45, 7) is 2.73. The van der Waals surface area contributed by atoms with Crippen LogP contribution in [0.4, 0.5) is 4.79 Å². The van der Waals surface area contributed by atoms with Crippen molar-refractivity contribution in [2.45, 2.75) is 96.8 Å². The van der Waals surface area contributed by atoms with E-state index >= 15 is 0 Å². The Labute approximate surface area is 172 Å². The third kappa shape index (κ3) is 15.7. The zero-order chi connectivity index (χ0) is 21.0. The molecule has 6 heteroatoms. The number of unbranched alkanes of at least 4 members (excludes halogenated alkanes) is 12. The van der Waals surface area contributed by atoms with Crippen molar-refractivity contribution in [2.75, 3.05) is 33.3 Å². The summed E-state index contributed by atoms with van der Waals surface area (Å²) in [4.78, 5) is 25.8. The predicted octanol–water partition coefficient (Wildman–Crippen LogP) is 4.90. The average Bonchev–Trinajstić information content (AvgIpc) is 2.68. The summed E-state index contributed by atoms with van der Waals surface area (Å²) >= 11 is 0. The Kier molecular flexibility index (Phi) is 18.2. The predicted molar refractivity (Wildman–Crippen MR) is 115 cm³/mol. The van der Waals surface area contributed by atoms with Crippen LogP contribution in [-0.2, 0) is 4.79 Å². The summed E-state index contributed by atoms with van der Waals surface area (Å²) in [6, 6.07) is 0. The second-order valence-corrected chi connectivity index (χ2v) is 7.80. The molecule has 0 unspecified atom stereocenters. The van der Waals surface area contributed by atoms with E-state index in [1.165, 1.54) is 70.6 Å². The maximum Gasteiger partial charge on any atom is 0.407 e. The molecule has 0 atom stereocenters. The highest BCUT2D eigenvalue weighted by Gasteiger charge is 2.14. The van der Waals surface area contributed by atoms with Crippen molar-refractivity contribution in [1.82, 2.24) is 9.80 Å². The lowest BCUT2D eigenvalue weighted by molar-refractivity contribution is -0.130. The highest BCUT2D eigenvalue weighted by Crippen LogP contribution is 2.13. The highest BCUT2D eigenvalue weighted by molar-refractivity contribution is 5.75. The number of hydrogen-bond donors (Lipinski definition) is 2. The summed E-state index contributed by atoms with van der Waals surface area (Å²) in [5.74, 6) is 0.0670. The lowest BCUT2D eigenvalue weighted by Crippen LogP contribution is -2.40.